The van der Waals surface area contributed by atoms with E-state index in [1.807, 2.05) is 4.90 Å². The molecule has 4 rings (SSSR count). The third-order valence-corrected chi connectivity index (χ3v) is 9.30. The molecule has 1 aromatic heterocycles. The van der Waals surface area contributed by atoms with Crippen LogP contribution >= 0.6 is 22.9 Å². The minimum Gasteiger partial charge on any atom is -0.366 e. The number of hydrogen-bond acceptors (Lipinski definition) is 8. The van der Waals surface area contributed by atoms with Crippen LogP contribution < -0.4 is 5.73 Å². The number of nitrogens with two attached hydrogens (primary N) is 1. The van der Waals surface area contributed by atoms with Gasteiger partial charge in [0.25, 0.3) is 0 Å². The molecule has 0 spiro atoms. The van der Waals surface area contributed by atoms with Gasteiger partial charge in [0.2, 0.25) is 17.7 Å². The van der Waals surface area contributed by atoms with Crippen molar-refractivity contribution in [3.05, 3.63) is 39.9 Å². The van der Waals surface area contributed by atoms with Gasteiger partial charge in [-0.2, -0.15) is 0 Å². The van der Waals surface area contributed by atoms with Crippen molar-refractivity contribution in [2.45, 2.75) is 18.1 Å². The van der Waals surface area contributed by atoms with Gasteiger partial charge in [-0.15, -0.1) is 11.3 Å². The normalized spacial score (nSPS) is 19.0. The van der Waals surface area contributed by atoms with Crippen LogP contribution in [0.2, 0.25) is 5.02 Å². The SMILES string of the molecule is CS(=O)(=O)C1CCN(C(=O)CN2CCN(C(=O)Cc3csc(-c4cc(Cl)ccc4C(N)=O)n3)CC2)C1. The molecule has 1 atom stereocenters. The average Bonchev–Trinajstić information content (AvgIpc) is 3.49. The van der Waals surface area contributed by atoms with E-state index in [0.29, 0.717) is 66.0 Å². The maximum atomic E-state index is 12.9. The Bertz CT molecular complexity index is 1270. The number of sulfone groups is 1. The third kappa shape index (κ3) is 6.23. The molecular weight excluding hydrogens is 526 g/mol. The molecule has 3 amide bonds. The van der Waals surface area contributed by atoms with E-state index in [2.05, 4.69) is 4.98 Å². The largest absolute Gasteiger partial charge is 0.366 e. The number of carbonyl (C=O) groups excluding carboxylic acids is 3. The summed E-state index contributed by atoms with van der Waals surface area (Å²) >= 11 is 7.40. The number of primary amides is 1. The lowest BCUT2D eigenvalue weighted by Gasteiger charge is -2.35. The number of hydrogen-bond donors (Lipinski definition) is 1. The van der Waals surface area contributed by atoms with Crippen LogP contribution in [0, 0.1) is 0 Å². The zero-order chi connectivity index (χ0) is 26.0. The molecule has 0 radical (unpaired) electrons. The van der Waals surface area contributed by atoms with Gasteiger partial charge < -0.3 is 15.5 Å². The number of carbonyl (C=O) groups is 3. The van der Waals surface area contributed by atoms with E-state index in [4.69, 9.17) is 17.3 Å². The zero-order valence-corrected chi connectivity index (χ0v) is 22.2. The van der Waals surface area contributed by atoms with Gasteiger partial charge in [0.15, 0.2) is 9.84 Å². The topological polar surface area (TPSA) is 134 Å². The van der Waals surface area contributed by atoms with Crippen LogP contribution in [0.5, 0.6) is 0 Å². The van der Waals surface area contributed by atoms with Gasteiger partial charge in [-0.05, 0) is 24.6 Å². The summed E-state index contributed by atoms with van der Waals surface area (Å²) in [6, 6.07) is 4.79. The summed E-state index contributed by atoms with van der Waals surface area (Å²) < 4.78 is 23.5. The van der Waals surface area contributed by atoms with Crippen molar-refractivity contribution < 1.29 is 22.8 Å². The van der Waals surface area contributed by atoms with Crippen LogP contribution in [0.15, 0.2) is 23.6 Å². The Morgan fingerprint density at radius 2 is 1.83 bits per heavy atom. The van der Waals surface area contributed by atoms with Crippen molar-refractivity contribution in [3.63, 3.8) is 0 Å². The van der Waals surface area contributed by atoms with Gasteiger partial charge in [0.1, 0.15) is 5.01 Å². The molecule has 2 aliphatic heterocycles. The van der Waals surface area contributed by atoms with Gasteiger partial charge >= 0.3 is 0 Å². The number of nitrogens with zero attached hydrogens (tertiary/aromatic N) is 4. The lowest BCUT2D eigenvalue weighted by Crippen LogP contribution is -2.51. The van der Waals surface area contributed by atoms with E-state index in [1.165, 1.54) is 17.6 Å². The summed E-state index contributed by atoms with van der Waals surface area (Å²) in [5.41, 5.74) is 6.93. The summed E-state index contributed by atoms with van der Waals surface area (Å²) in [5, 5.41) is 2.33. The Morgan fingerprint density at radius 1 is 1.11 bits per heavy atom. The second-order valence-electron chi connectivity index (χ2n) is 9.11. The van der Waals surface area contributed by atoms with Crippen LogP contribution in [0.3, 0.4) is 0 Å². The van der Waals surface area contributed by atoms with E-state index in [-0.39, 0.29) is 31.3 Å². The van der Waals surface area contributed by atoms with Crippen molar-refractivity contribution in [1.82, 2.24) is 19.7 Å². The first-order chi connectivity index (χ1) is 17.0. The predicted octanol–water partition coefficient (Wildman–Crippen LogP) is 0.895. The van der Waals surface area contributed by atoms with E-state index < -0.39 is 21.0 Å². The molecule has 2 aromatic rings. The molecule has 10 nitrogen and oxygen atoms in total. The Morgan fingerprint density at radius 3 is 2.47 bits per heavy atom. The van der Waals surface area contributed by atoms with E-state index in [1.54, 1.807) is 33.4 Å². The molecule has 2 aliphatic rings. The summed E-state index contributed by atoms with van der Waals surface area (Å²) in [6.07, 6.45) is 1.82. The van der Waals surface area contributed by atoms with E-state index in [0.717, 1.165) is 0 Å². The maximum absolute atomic E-state index is 12.9. The predicted molar refractivity (Wildman–Crippen MR) is 138 cm³/mol. The molecule has 0 saturated carbocycles. The van der Waals surface area contributed by atoms with E-state index in [9.17, 15) is 22.8 Å². The highest BCUT2D eigenvalue weighted by molar-refractivity contribution is 7.91. The Hall–Kier alpha value is -2.54. The van der Waals surface area contributed by atoms with Crippen molar-refractivity contribution in [3.8, 4) is 10.6 Å². The number of piperazine rings is 1. The number of rotatable bonds is 7. The minimum atomic E-state index is -3.15. The summed E-state index contributed by atoms with van der Waals surface area (Å²) in [7, 11) is -3.15. The number of amides is 3. The van der Waals surface area contributed by atoms with Gasteiger partial charge in [-0.3, -0.25) is 19.3 Å². The molecule has 0 bridgehead atoms. The molecule has 2 N–H and O–H groups in total. The third-order valence-electron chi connectivity index (χ3n) is 6.55. The molecular formula is C23H28ClN5O5S2. The monoisotopic (exact) mass is 553 g/mol. The fourth-order valence-electron chi connectivity index (χ4n) is 4.44. The van der Waals surface area contributed by atoms with Crippen molar-refractivity contribution in [1.29, 1.82) is 0 Å². The fourth-order valence-corrected chi connectivity index (χ4v) is 6.44. The number of thiazole rings is 1. The van der Waals surface area contributed by atoms with Crippen LogP contribution in [-0.2, 0) is 25.8 Å². The molecule has 2 saturated heterocycles. The lowest BCUT2D eigenvalue weighted by molar-refractivity contribution is -0.134. The fraction of sp³-hybridized carbons (Fsp3) is 0.478. The summed E-state index contributed by atoms with van der Waals surface area (Å²) in [6.45, 7) is 3.05. The first-order valence-corrected chi connectivity index (χ1v) is 14.7. The van der Waals surface area contributed by atoms with Crippen LogP contribution in [0.4, 0.5) is 0 Å². The summed E-state index contributed by atoms with van der Waals surface area (Å²) in [4.78, 5) is 47.1. The lowest BCUT2D eigenvalue weighted by atomic mass is 10.1. The molecule has 0 aliphatic carbocycles. The first-order valence-electron chi connectivity index (χ1n) is 11.5. The highest BCUT2D eigenvalue weighted by Crippen LogP contribution is 2.30. The van der Waals surface area contributed by atoms with Gasteiger partial charge in [-0.25, -0.2) is 13.4 Å². The highest BCUT2D eigenvalue weighted by Gasteiger charge is 2.33. The average molecular weight is 554 g/mol. The molecule has 194 valence electrons. The second kappa shape index (κ2) is 10.8. The zero-order valence-electron chi connectivity index (χ0n) is 19.9. The first kappa shape index (κ1) is 26.5. The van der Waals surface area contributed by atoms with E-state index >= 15 is 0 Å². The number of benzene rings is 1. The number of likely N-dealkylation sites (tertiary alicyclic amines) is 1. The Labute approximate surface area is 218 Å². The second-order valence-corrected chi connectivity index (χ2v) is 12.7. The van der Waals surface area contributed by atoms with Crippen LogP contribution in [0.25, 0.3) is 10.6 Å². The molecule has 2 fully saturated rings. The molecule has 3 heterocycles. The Balaban J connectivity index is 1.28. The number of halogens is 1. The molecule has 1 unspecified atom stereocenters. The van der Waals surface area contributed by atoms with Gasteiger partial charge in [0.05, 0.1) is 23.9 Å². The van der Waals surface area contributed by atoms with Crippen molar-refractivity contribution in [2.75, 3.05) is 52.1 Å². The molecule has 1 aromatic carbocycles. The van der Waals surface area contributed by atoms with Gasteiger partial charge in [0, 0.05) is 67.1 Å². The quantitative estimate of drug-likeness (QED) is 0.538. The highest BCUT2D eigenvalue weighted by atomic mass is 35.5. The standard InChI is InChI=1S/C23H28ClN5O5S2/c1-36(33,34)17-4-5-29(12-17)21(31)13-27-6-8-28(9-7-27)20(30)11-16-14-35-23(26-16)19-10-15(24)2-3-18(19)22(25)32/h2-3,10,14,17H,4-9,11-13H2,1H3,(H2,25,32). The molecule has 36 heavy (non-hydrogen) atoms. The van der Waals surface area contributed by atoms with Gasteiger partial charge in [-0.1, -0.05) is 11.6 Å². The van der Waals surface area contributed by atoms with Crippen LogP contribution in [-0.4, -0.2) is 103 Å². The van der Waals surface area contributed by atoms with Crippen LogP contribution in [0.1, 0.15) is 22.5 Å². The smallest absolute Gasteiger partial charge is 0.249 e. The number of aromatic nitrogens is 1. The van der Waals surface area contributed by atoms with Crippen molar-refractivity contribution in [2.24, 2.45) is 5.73 Å². The maximum Gasteiger partial charge on any atom is 0.249 e. The molecule has 13 heteroatoms. The minimum absolute atomic E-state index is 0.0606. The Kier molecular flexibility index (Phi) is 7.98. The van der Waals surface area contributed by atoms with Crippen molar-refractivity contribution >= 4 is 50.5 Å². The summed E-state index contributed by atoms with van der Waals surface area (Å²) in [5.74, 6) is -0.715.